The van der Waals surface area contributed by atoms with Crippen LogP contribution in [0.2, 0.25) is 0 Å². The third kappa shape index (κ3) is 2.56. The second-order valence-corrected chi connectivity index (χ2v) is 8.82. The maximum atomic E-state index is 6.27. The lowest BCUT2D eigenvalue weighted by Crippen LogP contribution is -2.14. The van der Waals surface area contributed by atoms with Gasteiger partial charge in [-0.05, 0) is 46.0 Å². The van der Waals surface area contributed by atoms with Gasteiger partial charge in [-0.2, -0.15) is 0 Å². The average Bonchev–Trinajstić information content (AvgIpc) is 2.78. The van der Waals surface area contributed by atoms with Gasteiger partial charge in [-0.25, -0.2) is 0 Å². The zero-order valence-corrected chi connectivity index (χ0v) is 17.0. The van der Waals surface area contributed by atoms with Crippen molar-refractivity contribution in [1.29, 1.82) is 0 Å². The molecule has 4 aromatic rings. The molecule has 2 aliphatic heterocycles. The Labute approximate surface area is 175 Å². The summed E-state index contributed by atoms with van der Waals surface area (Å²) in [5, 5.41) is 2.64. The summed E-state index contributed by atoms with van der Waals surface area (Å²) < 4.78 is 6.27. The van der Waals surface area contributed by atoms with Gasteiger partial charge in [0, 0.05) is 27.3 Å². The Morgan fingerprint density at radius 3 is 2.17 bits per heavy atom. The molecule has 140 valence electrons. The minimum Gasteiger partial charge on any atom is -0.456 e. The summed E-state index contributed by atoms with van der Waals surface area (Å²) in [5.74, 6) is 3.43. The van der Waals surface area contributed by atoms with E-state index in [1.807, 2.05) is 11.8 Å². The maximum absolute atomic E-state index is 6.27. The van der Waals surface area contributed by atoms with Crippen LogP contribution in [0.25, 0.3) is 21.9 Å². The smallest absolute Gasteiger partial charge is 0.135 e. The molecule has 2 aliphatic rings. The van der Waals surface area contributed by atoms with Gasteiger partial charge in [0.1, 0.15) is 11.5 Å². The SMILES string of the molecule is CC1CSc2ccc3ccccc3c2C1=C1c2ccccc2Oc2ccccc21. The molecule has 0 amide bonds. The molecule has 1 unspecified atom stereocenters. The predicted molar refractivity (Wildman–Crippen MR) is 123 cm³/mol. The molecule has 0 N–H and O–H groups in total. The average molecular weight is 393 g/mol. The molecule has 0 aliphatic carbocycles. The van der Waals surface area contributed by atoms with Gasteiger partial charge >= 0.3 is 0 Å². The van der Waals surface area contributed by atoms with Crippen LogP contribution in [0.3, 0.4) is 0 Å². The second-order valence-electron chi connectivity index (χ2n) is 7.75. The highest BCUT2D eigenvalue weighted by atomic mass is 32.2. The number of rotatable bonds is 0. The van der Waals surface area contributed by atoms with Gasteiger partial charge in [-0.15, -0.1) is 11.8 Å². The summed E-state index contributed by atoms with van der Waals surface area (Å²) in [4.78, 5) is 1.38. The summed E-state index contributed by atoms with van der Waals surface area (Å²) in [7, 11) is 0. The largest absolute Gasteiger partial charge is 0.456 e. The number of ether oxygens (including phenoxy) is 1. The van der Waals surface area contributed by atoms with E-state index in [1.165, 1.54) is 43.5 Å². The molecule has 2 heterocycles. The number of thioether (sulfide) groups is 1. The molecule has 0 saturated heterocycles. The van der Waals surface area contributed by atoms with Crippen LogP contribution in [0, 0.1) is 5.92 Å². The van der Waals surface area contributed by atoms with Crippen molar-refractivity contribution in [2.75, 3.05) is 5.75 Å². The number of hydrogen-bond donors (Lipinski definition) is 0. The number of fused-ring (bicyclic) bond motifs is 5. The molecule has 0 fully saturated rings. The lowest BCUT2D eigenvalue weighted by molar-refractivity contribution is 0.474. The van der Waals surface area contributed by atoms with Crippen molar-refractivity contribution in [1.82, 2.24) is 0 Å². The summed E-state index contributed by atoms with van der Waals surface area (Å²) in [6.07, 6.45) is 0. The fourth-order valence-corrected chi connectivity index (χ4v) is 5.77. The first-order valence-electron chi connectivity index (χ1n) is 10.1. The Bertz CT molecular complexity index is 1250. The number of allylic oxidation sites excluding steroid dienone is 1. The third-order valence-electron chi connectivity index (χ3n) is 5.94. The van der Waals surface area contributed by atoms with Crippen molar-refractivity contribution in [2.45, 2.75) is 11.8 Å². The number of benzene rings is 4. The molecule has 0 radical (unpaired) electrons. The van der Waals surface area contributed by atoms with Crippen LogP contribution in [0.15, 0.2) is 89.8 Å². The Hall–Kier alpha value is -2.97. The van der Waals surface area contributed by atoms with E-state index in [9.17, 15) is 0 Å². The molecule has 0 saturated carbocycles. The Balaban J connectivity index is 1.78. The molecular weight excluding hydrogens is 372 g/mol. The minimum atomic E-state index is 0.451. The van der Waals surface area contributed by atoms with E-state index in [-0.39, 0.29) is 0 Å². The Morgan fingerprint density at radius 2 is 1.41 bits per heavy atom. The van der Waals surface area contributed by atoms with E-state index in [0.717, 1.165) is 17.3 Å². The van der Waals surface area contributed by atoms with E-state index in [1.54, 1.807) is 0 Å². The van der Waals surface area contributed by atoms with Crippen molar-refractivity contribution in [3.63, 3.8) is 0 Å². The normalized spacial score (nSPS) is 17.3. The van der Waals surface area contributed by atoms with Gasteiger partial charge in [0.05, 0.1) is 0 Å². The van der Waals surface area contributed by atoms with Gasteiger partial charge in [0.2, 0.25) is 0 Å². The number of hydrogen-bond acceptors (Lipinski definition) is 2. The molecule has 2 heteroatoms. The third-order valence-corrected chi connectivity index (χ3v) is 7.26. The van der Waals surface area contributed by atoms with Gasteiger partial charge in [-0.3, -0.25) is 0 Å². The van der Waals surface area contributed by atoms with Crippen molar-refractivity contribution in [3.05, 3.63) is 102 Å². The van der Waals surface area contributed by atoms with E-state index < -0.39 is 0 Å². The first-order chi connectivity index (χ1) is 14.3. The van der Waals surface area contributed by atoms with Gasteiger partial charge in [0.15, 0.2) is 0 Å². The summed E-state index contributed by atoms with van der Waals surface area (Å²) in [6.45, 7) is 2.36. The Kier molecular flexibility index (Phi) is 3.82. The van der Waals surface area contributed by atoms with E-state index in [0.29, 0.717) is 5.92 Å². The molecule has 0 spiro atoms. The summed E-state index contributed by atoms with van der Waals surface area (Å²) in [5.41, 5.74) is 6.55. The topological polar surface area (TPSA) is 9.23 Å². The lowest BCUT2D eigenvalue weighted by Gasteiger charge is -2.32. The highest BCUT2D eigenvalue weighted by Gasteiger charge is 2.31. The fraction of sp³-hybridized carbons (Fsp3) is 0.111. The van der Waals surface area contributed by atoms with Gasteiger partial charge in [-0.1, -0.05) is 73.7 Å². The van der Waals surface area contributed by atoms with Crippen molar-refractivity contribution >= 4 is 33.7 Å². The summed E-state index contributed by atoms with van der Waals surface area (Å²) in [6, 6.07) is 30.2. The van der Waals surface area contributed by atoms with E-state index in [4.69, 9.17) is 4.74 Å². The minimum absolute atomic E-state index is 0.451. The van der Waals surface area contributed by atoms with Crippen LogP contribution in [0.4, 0.5) is 0 Å². The lowest BCUT2D eigenvalue weighted by atomic mass is 9.81. The molecule has 1 atom stereocenters. The van der Waals surface area contributed by atoms with Crippen LogP contribution in [-0.2, 0) is 0 Å². The van der Waals surface area contributed by atoms with E-state index in [2.05, 4.69) is 91.9 Å². The van der Waals surface area contributed by atoms with Crippen molar-refractivity contribution in [3.8, 4) is 11.5 Å². The highest BCUT2D eigenvalue weighted by Crippen LogP contribution is 2.52. The Morgan fingerprint density at radius 1 is 0.759 bits per heavy atom. The molecule has 0 aromatic heterocycles. The van der Waals surface area contributed by atoms with E-state index >= 15 is 0 Å². The van der Waals surface area contributed by atoms with Crippen LogP contribution < -0.4 is 4.74 Å². The van der Waals surface area contributed by atoms with Crippen molar-refractivity contribution < 1.29 is 4.74 Å². The quantitative estimate of drug-likeness (QED) is 0.268. The van der Waals surface area contributed by atoms with Gasteiger partial charge < -0.3 is 4.74 Å². The predicted octanol–water partition coefficient (Wildman–Crippen LogP) is 7.65. The first-order valence-corrected chi connectivity index (χ1v) is 11.1. The molecular formula is C27H20OS. The van der Waals surface area contributed by atoms with Crippen LogP contribution in [-0.4, -0.2) is 5.75 Å². The van der Waals surface area contributed by atoms with Crippen LogP contribution in [0.1, 0.15) is 23.6 Å². The number of para-hydroxylation sites is 2. The van der Waals surface area contributed by atoms with Crippen molar-refractivity contribution in [2.24, 2.45) is 5.92 Å². The standard InChI is InChI=1S/C27H20OS/c1-17-16-29-24-15-14-18-8-2-3-9-19(18)27(24)25(17)26-20-10-4-6-12-22(20)28-23-13-7-5-11-21(23)26/h2-15,17H,16H2,1H3. The van der Waals surface area contributed by atoms with Gasteiger partial charge in [0.25, 0.3) is 0 Å². The molecule has 0 bridgehead atoms. The highest BCUT2D eigenvalue weighted by molar-refractivity contribution is 7.99. The maximum Gasteiger partial charge on any atom is 0.135 e. The zero-order valence-electron chi connectivity index (χ0n) is 16.2. The summed E-state index contributed by atoms with van der Waals surface area (Å²) >= 11 is 1.98. The monoisotopic (exact) mass is 392 g/mol. The molecule has 6 rings (SSSR count). The molecule has 4 aromatic carbocycles. The first kappa shape index (κ1) is 16.9. The van der Waals surface area contributed by atoms with Crippen LogP contribution in [0.5, 0.6) is 11.5 Å². The zero-order chi connectivity index (χ0) is 19.4. The molecule has 1 nitrogen and oxygen atoms in total. The second kappa shape index (κ2) is 6.53. The van der Waals surface area contributed by atoms with Crippen LogP contribution >= 0.6 is 11.8 Å². The molecule has 29 heavy (non-hydrogen) atoms. The fourth-order valence-electron chi connectivity index (χ4n) is 4.64.